The van der Waals surface area contributed by atoms with Gasteiger partial charge < -0.3 is 5.11 Å². The molecule has 2 N–H and O–H groups in total. The third kappa shape index (κ3) is 3.80. The van der Waals surface area contributed by atoms with Crippen molar-refractivity contribution < 1.29 is 13.5 Å². The molecule has 0 heterocycles. The highest BCUT2D eigenvalue weighted by Crippen LogP contribution is 2.23. The summed E-state index contributed by atoms with van der Waals surface area (Å²) in [6.07, 6.45) is 0. The maximum absolute atomic E-state index is 11.9. The summed E-state index contributed by atoms with van der Waals surface area (Å²) in [5.41, 5.74) is 1.07. The highest BCUT2D eigenvalue weighted by atomic mass is 32.2. The average molecular weight is 271 g/mol. The summed E-state index contributed by atoms with van der Waals surface area (Å²) < 4.78 is 26.3. The predicted molar refractivity (Wildman–Crippen MR) is 72.0 cm³/mol. The zero-order valence-corrected chi connectivity index (χ0v) is 12.1. The van der Waals surface area contributed by atoms with Gasteiger partial charge in [0.15, 0.2) is 0 Å². The van der Waals surface area contributed by atoms with E-state index < -0.39 is 16.1 Å². The van der Waals surface area contributed by atoms with Crippen LogP contribution in [0.1, 0.15) is 33.3 Å². The first-order valence-corrected chi connectivity index (χ1v) is 7.39. The molecule has 0 saturated heterocycles. The molecule has 1 aromatic rings. The molecule has 1 rings (SSSR count). The number of hydrogen-bond donors (Lipinski definition) is 2. The molecule has 0 radical (unpaired) electrons. The zero-order chi connectivity index (χ0) is 14.0. The number of nitrogens with one attached hydrogen (secondary N) is 1. The van der Waals surface area contributed by atoms with Gasteiger partial charge in [-0.25, -0.2) is 13.1 Å². The predicted octanol–water partition coefficient (Wildman–Crippen LogP) is 1.64. The Kier molecular flexibility index (Phi) is 4.53. The molecule has 1 aromatic carbocycles. The number of aliphatic hydroxyl groups is 1. The number of benzene rings is 1. The minimum atomic E-state index is -3.54. The molecule has 0 spiro atoms. The van der Waals surface area contributed by atoms with Gasteiger partial charge in [-0.05, 0) is 30.0 Å². The lowest BCUT2D eigenvalue weighted by Gasteiger charge is -2.19. The maximum Gasteiger partial charge on any atom is 0.240 e. The van der Waals surface area contributed by atoms with Crippen molar-refractivity contribution >= 4 is 10.0 Å². The van der Waals surface area contributed by atoms with E-state index in [0.717, 1.165) is 5.56 Å². The van der Waals surface area contributed by atoms with Crippen LogP contribution in [0.25, 0.3) is 0 Å². The molecular formula is C13H21NO3S. The molecule has 0 aromatic heterocycles. The second-order valence-electron chi connectivity index (χ2n) is 5.48. The fourth-order valence-electron chi connectivity index (χ4n) is 1.50. The van der Waals surface area contributed by atoms with E-state index in [1.54, 1.807) is 19.1 Å². The van der Waals surface area contributed by atoms with E-state index in [1.165, 1.54) is 0 Å². The molecule has 0 aliphatic rings. The Morgan fingerprint density at radius 1 is 1.22 bits per heavy atom. The quantitative estimate of drug-likeness (QED) is 0.875. The van der Waals surface area contributed by atoms with Crippen molar-refractivity contribution in [3.8, 4) is 0 Å². The smallest absolute Gasteiger partial charge is 0.240 e. The van der Waals surface area contributed by atoms with Crippen molar-refractivity contribution in [2.24, 2.45) is 0 Å². The second-order valence-corrected chi connectivity index (χ2v) is 7.19. The van der Waals surface area contributed by atoms with Gasteiger partial charge >= 0.3 is 0 Å². The van der Waals surface area contributed by atoms with Gasteiger partial charge in [0.2, 0.25) is 10.0 Å². The van der Waals surface area contributed by atoms with E-state index >= 15 is 0 Å². The summed E-state index contributed by atoms with van der Waals surface area (Å²) in [5, 5.41) is 8.87. The molecule has 0 aliphatic heterocycles. The van der Waals surface area contributed by atoms with Gasteiger partial charge in [0.1, 0.15) is 0 Å². The molecule has 0 fully saturated rings. The Morgan fingerprint density at radius 2 is 1.72 bits per heavy atom. The summed E-state index contributed by atoms with van der Waals surface area (Å²) in [7, 11) is -3.54. The highest BCUT2D eigenvalue weighted by molar-refractivity contribution is 7.89. The topological polar surface area (TPSA) is 66.4 Å². The molecule has 18 heavy (non-hydrogen) atoms. The molecule has 0 amide bonds. The minimum Gasteiger partial charge on any atom is -0.395 e. The molecule has 1 atom stereocenters. The number of aliphatic hydroxyl groups excluding tert-OH is 1. The highest BCUT2D eigenvalue weighted by Gasteiger charge is 2.18. The van der Waals surface area contributed by atoms with Crippen LogP contribution in [-0.4, -0.2) is 26.2 Å². The van der Waals surface area contributed by atoms with Crippen molar-refractivity contribution in [1.82, 2.24) is 4.72 Å². The van der Waals surface area contributed by atoms with Gasteiger partial charge in [0.05, 0.1) is 11.5 Å². The number of hydrogen-bond acceptors (Lipinski definition) is 3. The van der Waals surface area contributed by atoms with Crippen LogP contribution < -0.4 is 4.72 Å². The first-order chi connectivity index (χ1) is 8.16. The molecule has 1 unspecified atom stereocenters. The summed E-state index contributed by atoms with van der Waals surface area (Å²) in [4.78, 5) is 0.218. The first kappa shape index (κ1) is 15.1. The van der Waals surface area contributed by atoms with Crippen LogP contribution in [0.15, 0.2) is 29.2 Å². The summed E-state index contributed by atoms with van der Waals surface area (Å²) >= 11 is 0. The van der Waals surface area contributed by atoms with Crippen LogP contribution in [0.5, 0.6) is 0 Å². The molecule has 4 nitrogen and oxygen atoms in total. The Balaban J connectivity index is 2.98. The lowest BCUT2D eigenvalue weighted by atomic mass is 9.87. The standard InChI is InChI=1S/C13H21NO3S/c1-10(9-15)14-18(16,17)12-7-5-11(6-8-12)13(2,3)4/h5-8,10,14-15H,9H2,1-4H3. The van der Waals surface area contributed by atoms with Crippen LogP contribution in [0.3, 0.4) is 0 Å². The fraction of sp³-hybridized carbons (Fsp3) is 0.538. The average Bonchev–Trinajstić information content (AvgIpc) is 2.27. The van der Waals surface area contributed by atoms with Gasteiger partial charge in [0.25, 0.3) is 0 Å². The van der Waals surface area contributed by atoms with E-state index in [2.05, 4.69) is 25.5 Å². The Labute approximate surface area is 109 Å². The van der Waals surface area contributed by atoms with Crippen molar-refractivity contribution in [3.63, 3.8) is 0 Å². The van der Waals surface area contributed by atoms with E-state index in [-0.39, 0.29) is 16.9 Å². The molecular weight excluding hydrogens is 250 g/mol. The maximum atomic E-state index is 11.9. The summed E-state index contributed by atoms with van der Waals surface area (Å²) in [5.74, 6) is 0. The second kappa shape index (κ2) is 5.38. The van der Waals surface area contributed by atoms with Gasteiger partial charge in [0, 0.05) is 6.04 Å². The third-order valence-corrected chi connectivity index (χ3v) is 4.27. The number of sulfonamides is 1. The molecule has 102 valence electrons. The van der Waals surface area contributed by atoms with Gasteiger partial charge in [-0.1, -0.05) is 32.9 Å². The minimum absolute atomic E-state index is 0.00584. The molecule has 0 aliphatic carbocycles. The summed E-state index contributed by atoms with van der Waals surface area (Å²) in [6, 6.07) is 6.33. The normalized spacial score (nSPS) is 14.5. The molecule has 5 heteroatoms. The largest absolute Gasteiger partial charge is 0.395 e. The Bertz CT molecular complexity index is 486. The van der Waals surface area contributed by atoms with Crippen molar-refractivity contribution in [2.75, 3.05) is 6.61 Å². The first-order valence-electron chi connectivity index (χ1n) is 5.90. The van der Waals surface area contributed by atoms with Crippen LogP contribution >= 0.6 is 0 Å². The van der Waals surface area contributed by atoms with E-state index in [1.807, 2.05) is 12.1 Å². The van der Waals surface area contributed by atoms with Crippen LogP contribution in [0, 0.1) is 0 Å². The van der Waals surface area contributed by atoms with E-state index in [4.69, 9.17) is 5.11 Å². The van der Waals surface area contributed by atoms with Crippen LogP contribution in [-0.2, 0) is 15.4 Å². The molecule has 0 bridgehead atoms. The lowest BCUT2D eigenvalue weighted by molar-refractivity contribution is 0.265. The zero-order valence-electron chi connectivity index (χ0n) is 11.3. The fourth-order valence-corrected chi connectivity index (χ4v) is 2.74. The van der Waals surface area contributed by atoms with Crippen molar-refractivity contribution in [3.05, 3.63) is 29.8 Å². The van der Waals surface area contributed by atoms with Gasteiger partial charge in [-0.3, -0.25) is 0 Å². The lowest BCUT2D eigenvalue weighted by Crippen LogP contribution is -2.35. The number of rotatable bonds is 4. The van der Waals surface area contributed by atoms with Crippen LogP contribution in [0.2, 0.25) is 0 Å². The summed E-state index contributed by atoms with van der Waals surface area (Å²) in [6.45, 7) is 7.61. The Hall–Kier alpha value is -0.910. The van der Waals surface area contributed by atoms with Gasteiger partial charge in [-0.2, -0.15) is 0 Å². The Morgan fingerprint density at radius 3 is 2.11 bits per heavy atom. The van der Waals surface area contributed by atoms with Gasteiger partial charge in [-0.15, -0.1) is 0 Å². The van der Waals surface area contributed by atoms with Crippen LogP contribution in [0.4, 0.5) is 0 Å². The van der Waals surface area contributed by atoms with E-state index in [9.17, 15) is 8.42 Å². The SMILES string of the molecule is CC(CO)NS(=O)(=O)c1ccc(C(C)(C)C)cc1. The van der Waals surface area contributed by atoms with Crippen molar-refractivity contribution in [1.29, 1.82) is 0 Å². The van der Waals surface area contributed by atoms with E-state index in [0.29, 0.717) is 0 Å². The van der Waals surface area contributed by atoms with Crippen molar-refractivity contribution in [2.45, 2.75) is 44.0 Å². The third-order valence-electron chi connectivity index (χ3n) is 2.66. The molecule has 0 saturated carbocycles. The monoisotopic (exact) mass is 271 g/mol.